The van der Waals surface area contributed by atoms with Crippen LogP contribution >= 0.6 is 0 Å². The van der Waals surface area contributed by atoms with Crippen LogP contribution in [-0.4, -0.2) is 29.5 Å². The molecule has 2 heterocycles. The first-order valence-corrected chi connectivity index (χ1v) is 7.44. The van der Waals surface area contributed by atoms with Crippen LogP contribution in [0, 0.1) is 0 Å². The fourth-order valence-electron chi connectivity index (χ4n) is 2.23. The lowest BCUT2D eigenvalue weighted by atomic mass is 10.1. The molecular formula is C12H18N2O2S. The summed E-state index contributed by atoms with van der Waals surface area (Å²) in [7, 11) is -3.16. The van der Waals surface area contributed by atoms with E-state index in [0.29, 0.717) is 6.54 Å². The second-order valence-corrected chi connectivity index (χ2v) is 7.08. The van der Waals surface area contributed by atoms with E-state index < -0.39 is 10.0 Å². The molecule has 0 spiro atoms. The molecule has 0 radical (unpaired) electrons. The zero-order chi connectivity index (χ0) is 12.5. The van der Waals surface area contributed by atoms with Crippen molar-refractivity contribution in [2.45, 2.75) is 38.0 Å². The minimum Gasteiger partial charge on any atom is -0.265 e. The third kappa shape index (κ3) is 2.35. The van der Waals surface area contributed by atoms with Gasteiger partial charge < -0.3 is 0 Å². The normalized spacial score (nSPS) is 22.2. The van der Waals surface area contributed by atoms with Crippen LogP contribution in [0.2, 0.25) is 0 Å². The van der Waals surface area contributed by atoms with Crippen LogP contribution in [0.5, 0.6) is 0 Å². The SMILES string of the molecule is CC(C)S(=O)(=O)N1CCCC1c1ccncc1. The summed E-state index contributed by atoms with van der Waals surface area (Å²) in [6.45, 7) is 4.10. The fourth-order valence-corrected chi connectivity index (χ4v) is 3.74. The first kappa shape index (κ1) is 12.5. The van der Waals surface area contributed by atoms with E-state index in [4.69, 9.17) is 0 Å². The number of nitrogens with zero attached hydrogens (tertiary/aromatic N) is 2. The van der Waals surface area contributed by atoms with Gasteiger partial charge in [0.2, 0.25) is 10.0 Å². The molecule has 0 saturated carbocycles. The molecule has 1 aromatic rings. The molecule has 1 aromatic heterocycles. The highest BCUT2D eigenvalue weighted by molar-refractivity contribution is 7.89. The molecule has 1 aliphatic rings. The highest BCUT2D eigenvalue weighted by atomic mass is 32.2. The maximum absolute atomic E-state index is 12.2. The minimum absolute atomic E-state index is 0.00889. The average molecular weight is 254 g/mol. The van der Waals surface area contributed by atoms with Gasteiger partial charge in [0.1, 0.15) is 0 Å². The van der Waals surface area contributed by atoms with Crippen molar-refractivity contribution in [2.75, 3.05) is 6.54 Å². The number of rotatable bonds is 3. The predicted molar refractivity (Wildman–Crippen MR) is 67.0 cm³/mol. The first-order valence-electron chi connectivity index (χ1n) is 5.94. The van der Waals surface area contributed by atoms with Crippen molar-refractivity contribution < 1.29 is 8.42 Å². The Morgan fingerprint density at radius 3 is 2.59 bits per heavy atom. The van der Waals surface area contributed by atoms with Crippen molar-refractivity contribution in [1.82, 2.24) is 9.29 Å². The van der Waals surface area contributed by atoms with Gasteiger partial charge in [0, 0.05) is 25.0 Å². The Balaban J connectivity index is 2.31. The smallest absolute Gasteiger partial charge is 0.216 e. The van der Waals surface area contributed by atoms with E-state index in [2.05, 4.69) is 4.98 Å². The molecule has 2 rings (SSSR count). The number of hydrogen-bond donors (Lipinski definition) is 0. The molecule has 5 heteroatoms. The van der Waals surface area contributed by atoms with E-state index in [9.17, 15) is 8.42 Å². The molecule has 0 aliphatic carbocycles. The molecule has 0 aromatic carbocycles. The van der Waals surface area contributed by atoms with Crippen LogP contribution < -0.4 is 0 Å². The maximum Gasteiger partial charge on any atom is 0.216 e. The Morgan fingerprint density at radius 1 is 1.35 bits per heavy atom. The van der Waals surface area contributed by atoms with Gasteiger partial charge in [0.05, 0.1) is 5.25 Å². The minimum atomic E-state index is -3.16. The average Bonchev–Trinajstić information content (AvgIpc) is 2.79. The summed E-state index contributed by atoms with van der Waals surface area (Å²) in [6, 6.07) is 3.79. The van der Waals surface area contributed by atoms with Gasteiger partial charge in [0.15, 0.2) is 0 Å². The molecule has 4 nitrogen and oxygen atoms in total. The van der Waals surface area contributed by atoms with Gasteiger partial charge in [0.25, 0.3) is 0 Å². The molecule has 1 unspecified atom stereocenters. The summed E-state index contributed by atoms with van der Waals surface area (Å²) in [5.74, 6) is 0. The van der Waals surface area contributed by atoms with Gasteiger partial charge >= 0.3 is 0 Å². The Kier molecular flexibility index (Phi) is 3.49. The van der Waals surface area contributed by atoms with Crippen molar-refractivity contribution in [3.63, 3.8) is 0 Å². The number of hydrogen-bond acceptors (Lipinski definition) is 3. The van der Waals surface area contributed by atoms with Crippen molar-refractivity contribution >= 4 is 10.0 Å². The summed E-state index contributed by atoms with van der Waals surface area (Å²) in [4.78, 5) is 3.97. The van der Waals surface area contributed by atoms with Crippen molar-refractivity contribution in [1.29, 1.82) is 0 Å². The fraction of sp³-hybridized carbons (Fsp3) is 0.583. The molecule has 1 fully saturated rings. The second-order valence-electron chi connectivity index (χ2n) is 4.64. The van der Waals surface area contributed by atoms with Crippen molar-refractivity contribution in [2.24, 2.45) is 0 Å². The van der Waals surface area contributed by atoms with Gasteiger partial charge in [-0.1, -0.05) is 0 Å². The van der Waals surface area contributed by atoms with Crippen LogP contribution in [-0.2, 0) is 10.0 Å². The lowest BCUT2D eigenvalue weighted by Crippen LogP contribution is -2.35. The maximum atomic E-state index is 12.2. The van der Waals surface area contributed by atoms with Gasteiger partial charge in [-0.2, -0.15) is 4.31 Å². The van der Waals surface area contributed by atoms with Gasteiger partial charge in [-0.25, -0.2) is 8.42 Å². The molecule has 0 N–H and O–H groups in total. The monoisotopic (exact) mass is 254 g/mol. The Bertz CT molecular complexity index is 471. The quantitative estimate of drug-likeness (QED) is 0.828. The standard InChI is InChI=1S/C12H18N2O2S/c1-10(2)17(15,16)14-9-3-4-12(14)11-5-7-13-8-6-11/h5-8,10,12H,3-4,9H2,1-2H3. The number of sulfonamides is 1. The molecule has 17 heavy (non-hydrogen) atoms. The third-order valence-corrected chi connectivity index (χ3v) is 5.50. The largest absolute Gasteiger partial charge is 0.265 e. The van der Waals surface area contributed by atoms with Crippen LogP contribution in [0.1, 0.15) is 38.3 Å². The van der Waals surface area contributed by atoms with Crippen LogP contribution in [0.3, 0.4) is 0 Å². The van der Waals surface area contributed by atoms with E-state index in [-0.39, 0.29) is 11.3 Å². The predicted octanol–water partition coefficient (Wildman–Crippen LogP) is 1.96. The van der Waals surface area contributed by atoms with Crippen molar-refractivity contribution in [3.05, 3.63) is 30.1 Å². The Hall–Kier alpha value is -0.940. The van der Waals surface area contributed by atoms with Crippen LogP contribution in [0.25, 0.3) is 0 Å². The highest BCUT2D eigenvalue weighted by Gasteiger charge is 2.36. The van der Waals surface area contributed by atoms with Crippen molar-refractivity contribution in [3.8, 4) is 0 Å². The van der Waals surface area contributed by atoms with E-state index in [1.807, 2.05) is 12.1 Å². The Labute approximate surface area is 103 Å². The molecule has 1 saturated heterocycles. The highest BCUT2D eigenvalue weighted by Crippen LogP contribution is 2.34. The number of aromatic nitrogens is 1. The van der Waals surface area contributed by atoms with Gasteiger partial charge in [-0.15, -0.1) is 0 Å². The lowest BCUT2D eigenvalue weighted by molar-refractivity contribution is 0.392. The summed E-state index contributed by atoms with van der Waals surface area (Å²) in [5, 5.41) is -0.357. The molecule has 1 aliphatic heterocycles. The third-order valence-electron chi connectivity index (χ3n) is 3.22. The first-order chi connectivity index (χ1) is 8.03. The summed E-state index contributed by atoms with van der Waals surface area (Å²) < 4.78 is 26.1. The zero-order valence-corrected chi connectivity index (χ0v) is 11.0. The zero-order valence-electron chi connectivity index (χ0n) is 10.2. The van der Waals surface area contributed by atoms with E-state index >= 15 is 0 Å². The molecule has 0 bridgehead atoms. The van der Waals surface area contributed by atoms with E-state index in [0.717, 1.165) is 18.4 Å². The molecular weight excluding hydrogens is 236 g/mol. The van der Waals surface area contributed by atoms with Crippen LogP contribution in [0.15, 0.2) is 24.5 Å². The molecule has 94 valence electrons. The molecule has 0 amide bonds. The van der Waals surface area contributed by atoms with Crippen LogP contribution in [0.4, 0.5) is 0 Å². The summed E-state index contributed by atoms with van der Waals surface area (Å²) in [6.07, 6.45) is 5.26. The van der Waals surface area contributed by atoms with Gasteiger partial charge in [-0.05, 0) is 44.4 Å². The van der Waals surface area contributed by atoms with E-state index in [1.165, 1.54) is 0 Å². The van der Waals surface area contributed by atoms with E-state index in [1.54, 1.807) is 30.5 Å². The summed E-state index contributed by atoms with van der Waals surface area (Å²) >= 11 is 0. The molecule has 1 atom stereocenters. The topological polar surface area (TPSA) is 50.3 Å². The Morgan fingerprint density at radius 2 is 2.00 bits per heavy atom. The summed E-state index contributed by atoms with van der Waals surface area (Å²) in [5.41, 5.74) is 1.04. The lowest BCUT2D eigenvalue weighted by Gasteiger charge is -2.26. The second kappa shape index (κ2) is 4.74. The number of pyridine rings is 1. The van der Waals surface area contributed by atoms with Gasteiger partial charge in [-0.3, -0.25) is 4.98 Å².